The average molecular weight is 353 g/mol. The van der Waals surface area contributed by atoms with E-state index >= 15 is 0 Å². The van der Waals surface area contributed by atoms with Crippen LogP contribution in [0, 0.1) is 12.7 Å². The van der Waals surface area contributed by atoms with Gasteiger partial charge in [-0.15, -0.1) is 23.1 Å². The van der Waals surface area contributed by atoms with Gasteiger partial charge in [0.05, 0.1) is 0 Å². The van der Waals surface area contributed by atoms with Crippen LogP contribution in [0.25, 0.3) is 10.4 Å². The van der Waals surface area contributed by atoms with Crippen molar-refractivity contribution in [1.82, 2.24) is 0 Å². The Balaban J connectivity index is 1.67. The molecule has 0 saturated heterocycles. The number of rotatable bonds is 3. The first kappa shape index (κ1) is 15.5. The van der Waals surface area contributed by atoms with Crippen molar-refractivity contribution in [3.05, 3.63) is 88.5 Å². The van der Waals surface area contributed by atoms with Gasteiger partial charge in [-0.05, 0) is 64.7 Å². The zero-order valence-electron chi connectivity index (χ0n) is 13.1. The van der Waals surface area contributed by atoms with E-state index in [2.05, 4.69) is 59.1 Å². The minimum absolute atomic E-state index is 0.150. The molecule has 1 nitrogen and oxygen atoms in total. The van der Waals surface area contributed by atoms with Gasteiger partial charge in [0.1, 0.15) is 11.2 Å². The quantitative estimate of drug-likeness (QED) is 0.523. The molecule has 3 aromatic rings. The van der Waals surface area contributed by atoms with Crippen LogP contribution in [0.4, 0.5) is 10.1 Å². The van der Waals surface area contributed by atoms with Crippen molar-refractivity contribution >= 4 is 28.8 Å². The molecule has 1 aliphatic heterocycles. The van der Waals surface area contributed by atoms with Crippen LogP contribution in [-0.2, 0) is 0 Å². The SMILES string of the molecule is Cc1cc(-c2cccs2)ccc1N1C=CSC1c1ccc(F)cc1. The van der Waals surface area contributed by atoms with Crippen molar-refractivity contribution in [2.45, 2.75) is 12.3 Å². The molecule has 120 valence electrons. The molecule has 0 aliphatic carbocycles. The largest absolute Gasteiger partial charge is 0.330 e. The van der Waals surface area contributed by atoms with Crippen LogP contribution < -0.4 is 4.90 Å². The molecule has 0 saturated carbocycles. The number of aryl methyl sites for hydroxylation is 1. The summed E-state index contributed by atoms with van der Waals surface area (Å²) in [5, 5.41) is 4.35. The third-order valence-corrected chi connectivity index (χ3v) is 6.07. The summed E-state index contributed by atoms with van der Waals surface area (Å²) in [5.41, 5.74) is 4.78. The number of anilines is 1. The van der Waals surface area contributed by atoms with Crippen LogP contribution in [0.1, 0.15) is 16.5 Å². The minimum atomic E-state index is -0.197. The highest BCUT2D eigenvalue weighted by molar-refractivity contribution is 8.02. The Morgan fingerprint density at radius 2 is 1.88 bits per heavy atom. The van der Waals surface area contributed by atoms with Gasteiger partial charge in [0, 0.05) is 16.8 Å². The summed E-state index contributed by atoms with van der Waals surface area (Å²) in [6, 6.07) is 17.6. The van der Waals surface area contributed by atoms with Crippen molar-refractivity contribution in [2.24, 2.45) is 0 Å². The highest BCUT2D eigenvalue weighted by Crippen LogP contribution is 2.43. The third kappa shape index (κ3) is 2.87. The normalized spacial score (nSPS) is 16.8. The molecule has 1 atom stereocenters. The summed E-state index contributed by atoms with van der Waals surface area (Å²) in [4.78, 5) is 3.54. The number of halogens is 1. The fourth-order valence-corrected chi connectivity index (χ4v) is 4.64. The van der Waals surface area contributed by atoms with Crippen LogP contribution in [0.3, 0.4) is 0 Å². The van der Waals surface area contributed by atoms with Crippen LogP contribution >= 0.6 is 23.1 Å². The lowest BCUT2D eigenvalue weighted by Crippen LogP contribution is -2.17. The van der Waals surface area contributed by atoms with Gasteiger partial charge in [-0.25, -0.2) is 4.39 Å². The molecule has 0 spiro atoms. The predicted molar refractivity (Wildman–Crippen MR) is 103 cm³/mol. The Bertz CT molecular complexity index is 869. The van der Waals surface area contributed by atoms with Crippen LogP contribution in [0.5, 0.6) is 0 Å². The van der Waals surface area contributed by atoms with Crippen molar-refractivity contribution in [3.63, 3.8) is 0 Å². The zero-order chi connectivity index (χ0) is 16.5. The summed E-state index contributed by atoms with van der Waals surface area (Å²) in [5.74, 6) is -0.197. The maximum atomic E-state index is 13.2. The summed E-state index contributed by atoms with van der Waals surface area (Å²) >= 11 is 3.49. The Kier molecular flexibility index (Phi) is 4.17. The number of thioether (sulfide) groups is 1. The van der Waals surface area contributed by atoms with Gasteiger partial charge in [0.2, 0.25) is 0 Å². The third-order valence-electron chi connectivity index (χ3n) is 4.12. The molecule has 0 radical (unpaired) electrons. The summed E-state index contributed by atoms with van der Waals surface area (Å²) in [7, 11) is 0. The topological polar surface area (TPSA) is 3.24 Å². The second-order valence-electron chi connectivity index (χ2n) is 5.71. The van der Waals surface area contributed by atoms with E-state index in [0.29, 0.717) is 0 Å². The minimum Gasteiger partial charge on any atom is -0.330 e. The van der Waals surface area contributed by atoms with E-state index in [1.807, 2.05) is 12.1 Å². The molecule has 0 fully saturated rings. The molecule has 1 unspecified atom stereocenters. The fraction of sp³-hybridized carbons (Fsp3) is 0.100. The lowest BCUT2D eigenvalue weighted by molar-refractivity contribution is 0.627. The lowest BCUT2D eigenvalue weighted by atomic mass is 10.1. The Morgan fingerprint density at radius 3 is 2.58 bits per heavy atom. The molecule has 0 N–H and O–H groups in total. The summed E-state index contributed by atoms with van der Waals surface area (Å²) in [6.45, 7) is 2.14. The standard InChI is InChI=1S/C20H16FNS2/c1-14-13-16(19-3-2-11-23-19)6-9-18(14)22-10-12-24-20(22)15-4-7-17(21)8-5-15/h2-13,20H,1H3. The highest BCUT2D eigenvalue weighted by atomic mass is 32.2. The van der Waals surface area contributed by atoms with Crippen molar-refractivity contribution < 1.29 is 4.39 Å². The molecule has 1 aliphatic rings. The van der Waals surface area contributed by atoms with E-state index in [-0.39, 0.29) is 11.2 Å². The number of thiophene rings is 1. The van der Waals surface area contributed by atoms with E-state index in [0.717, 1.165) is 5.56 Å². The number of hydrogen-bond acceptors (Lipinski definition) is 3. The van der Waals surface area contributed by atoms with E-state index < -0.39 is 0 Å². The highest BCUT2D eigenvalue weighted by Gasteiger charge is 2.24. The van der Waals surface area contributed by atoms with Gasteiger partial charge in [-0.3, -0.25) is 0 Å². The van der Waals surface area contributed by atoms with Crippen molar-refractivity contribution in [2.75, 3.05) is 4.90 Å². The molecule has 0 bridgehead atoms. The number of hydrogen-bond donors (Lipinski definition) is 0. The molecule has 0 amide bonds. The second kappa shape index (κ2) is 6.46. The monoisotopic (exact) mass is 353 g/mol. The molecule has 2 aromatic carbocycles. The van der Waals surface area contributed by atoms with Gasteiger partial charge < -0.3 is 4.90 Å². The second-order valence-corrected chi connectivity index (χ2v) is 7.65. The first-order valence-corrected chi connectivity index (χ1v) is 9.55. The Hall–Kier alpha value is -2.04. The smallest absolute Gasteiger partial charge is 0.123 e. The Morgan fingerprint density at radius 1 is 1.04 bits per heavy atom. The van der Waals surface area contributed by atoms with Gasteiger partial charge in [0.15, 0.2) is 0 Å². The van der Waals surface area contributed by atoms with Gasteiger partial charge >= 0.3 is 0 Å². The van der Waals surface area contributed by atoms with Crippen molar-refractivity contribution in [3.8, 4) is 10.4 Å². The molecular formula is C20H16FNS2. The zero-order valence-corrected chi connectivity index (χ0v) is 14.8. The summed E-state index contributed by atoms with van der Waals surface area (Å²) < 4.78 is 13.2. The molecule has 2 heterocycles. The average Bonchev–Trinajstić information content (AvgIpc) is 3.27. The maximum Gasteiger partial charge on any atom is 0.123 e. The first-order chi connectivity index (χ1) is 11.7. The fourth-order valence-electron chi connectivity index (χ4n) is 2.93. The number of nitrogens with zero attached hydrogens (tertiary/aromatic N) is 1. The Labute approximate surface area is 149 Å². The first-order valence-electron chi connectivity index (χ1n) is 7.73. The van der Waals surface area contributed by atoms with E-state index in [1.54, 1.807) is 23.1 Å². The lowest BCUT2D eigenvalue weighted by Gasteiger charge is -2.27. The maximum absolute atomic E-state index is 13.2. The van der Waals surface area contributed by atoms with E-state index in [4.69, 9.17) is 0 Å². The molecule has 4 rings (SSSR count). The predicted octanol–water partition coefficient (Wildman–Crippen LogP) is 6.59. The van der Waals surface area contributed by atoms with Gasteiger partial charge in [-0.2, -0.15) is 0 Å². The van der Waals surface area contributed by atoms with Crippen LogP contribution in [0.15, 0.2) is 71.6 Å². The van der Waals surface area contributed by atoms with Crippen LogP contribution in [0.2, 0.25) is 0 Å². The molecule has 1 aromatic heterocycles. The number of benzene rings is 2. The van der Waals surface area contributed by atoms with Gasteiger partial charge in [-0.1, -0.05) is 24.3 Å². The van der Waals surface area contributed by atoms with Crippen LogP contribution in [-0.4, -0.2) is 0 Å². The van der Waals surface area contributed by atoms with E-state index in [9.17, 15) is 4.39 Å². The van der Waals surface area contributed by atoms with Crippen molar-refractivity contribution in [1.29, 1.82) is 0 Å². The molecule has 4 heteroatoms. The summed E-state index contributed by atoms with van der Waals surface area (Å²) in [6.07, 6.45) is 2.10. The molecule has 24 heavy (non-hydrogen) atoms. The van der Waals surface area contributed by atoms with Gasteiger partial charge in [0.25, 0.3) is 0 Å². The molecular weight excluding hydrogens is 337 g/mol. The van der Waals surface area contributed by atoms with E-state index in [1.165, 1.54) is 33.8 Å².